The van der Waals surface area contributed by atoms with Crippen molar-refractivity contribution in [2.24, 2.45) is 0 Å². The van der Waals surface area contributed by atoms with Gasteiger partial charge in [0.2, 0.25) is 0 Å². The number of nitrogens with one attached hydrogen (secondary N) is 2. The first-order valence-electron chi connectivity index (χ1n) is 7.21. The standard InChI is InChI=1S/C16H14F3N3O2S/c17-16(18,19)12-3-1-11(2-4-12)9-10-20-15(25)21-13-5-7-14(8-6-13)22(23)24/h1-8H,9-10H2,(H2,20,21,25). The molecule has 2 aromatic rings. The first kappa shape index (κ1) is 18.7. The third kappa shape index (κ3) is 5.71. The molecule has 0 fully saturated rings. The van der Waals surface area contributed by atoms with Gasteiger partial charge in [-0.2, -0.15) is 13.2 Å². The van der Waals surface area contributed by atoms with Gasteiger partial charge in [0, 0.05) is 24.4 Å². The van der Waals surface area contributed by atoms with Crippen LogP contribution in [0.2, 0.25) is 0 Å². The van der Waals surface area contributed by atoms with Crippen LogP contribution in [-0.4, -0.2) is 16.6 Å². The average Bonchev–Trinajstić information content (AvgIpc) is 2.55. The normalized spacial score (nSPS) is 11.0. The van der Waals surface area contributed by atoms with Crippen molar-refractivity contribution in [2.75, 3.05) is 11.9 Å². The van der Waals surface area contributed by atoms with Gasteiger partial charge in [0.05, 0.1) is 10.5 Å². The van der Waals surface area contributed by atoms with E-state index in [2.05, 4.69) is 10.6 Å². The number of rotatable bonds is 5. The molecule has 132 valence electrons. The first-order chi connectivity index (χ1) is 11.8. The summed E-state index contributed by atoms with van der Waals surface area (Å²) in [7, 11) is 0. The van der Waals surface area contributed by atoms with Gasteiger partial charge in [0.15, 0.2) is 5.11 Å². The highest BCUT2D eigenvalue weighted by atomic mass is 32.1. The van der Waals surface area contributed by atoms with Gasteiger partial charge in [-0.25, -0.2) is 0 Å². The topological polar surface area (TPSA) is 67.2 Å². The number of alkyl halides is 3. The number of hydrogen-bond donors (Lipinski definition) is 2. The van der Waals surface area contributed by atoms with Gasteiger partial charge in [0.1, 0.15) is 0 Å². The second-order valence-corrected chi connectivity index (χ2v) is 5.54. The first-order valence-corrected chi connectivity index (χ1v) is 7.62. The molecule has 0 spiro atoms. The number of benzene rings is 2. The fourth-order valence-electron chi connectivity index (χ4n) is 2.02. The summed E-state index contributed by atoms with van der Waals surface area (Å²) in [4.78, 5) is 10.1. The molecule has 0 aliphatic heterocycles. The lowest BCUT2D eigenvalue weighted by Crippen LogP contribution is -2.30. The second-order valence-electron chi connectivity index (χ2n) is 5.13. The van der Waals surface area contributed by atoms with Crippen molar-refractivity contribution in [3.05, 3.63) is 69.8 Å². The van der Waals surface area contributed by atoms with Crippen LogP contribution in [0.25, 0.3) is 0 Å². The van der Waals surface area contributed by atoms with Gasteiger partial charge in [-0.15, -0.1) is 0 Å². The summed E-state index contributed by atoms with van der Waals surface area (Å²) >= 11 is 5.10. The largest absolute Gasteiger partial charge is 0.416 e. The van der Waals surface area contributed by atoms with E-state index < -0.39 is 16.7 Å². The summed E-state index contributed by atoms with van der Waals surface area (Å²) in [5.41, 5.74) is 0.641. The zero-order chi connectivity index (χ0) is 18.4. The molecule has 0 aliphatic carbocycles. The number of nitro benzene ring substituents is 1. The second kappa shape index (κ2) is 7.93. The van der Waals surface area contributed by atoms with Crippen LogP contribution < -0.4 is 10.6 Å². The number of non-ortho nitro benzene ring substituents is 1. The van der Waals surface area contributed by atoms with E-state index in [9.17, 15) is 23.3 Å². The molecule has 0 saturated carbocycles. The van der Waals surface area contributed by atoms with E-state index >= 15 is 0 Å². The van der Waals surface area contributed by atoms with E-state index in [-0.39, 0.29) is 5.69 Å². The summed E-state index contributed by atoms with van der Waals surface area (Å²) in [5, 5.41) is 16.7. The Hall–Kier alpha value is -2.68. The Morgan fingerprint density at radius 3 is 2.20 bits per heavy atom. The fourth-order valence-corrected chi connectivity index (χ4v) is 2.24. The minimum Gasteiger partial charge on any atom is -0.362 e. The van der Waals surface area contributed by atoms with Crippen molar-refractivity contribution in [3.63, 3.8) is 0 Å². The molecule has 2 aromatic carbocycles. The lowest BCUT2D eigenvalue weighted by molar-refractivity contribution is -0.384. The van der Waals surface area contributed by atoms with E-state index in [0.717, 1.165) is 17.7 Å². The summed E-state index contributed by atoms with van der Waals surface area (Å²) in [6.45, 7) is 0.435. The summed E-state index contributed by atoms with van der Waals surface area (Å²) in [5.74, 6) is 0. The van der Waals surface area contributed by atoms with Gasteiger partial charge < -0.3 is 10.6 Å². The van der Waals surface area contributed by atoms with E-state index in [1.165, 1.54) is 36.4 Å². The van der Waals surface area contributed by atoms with Crippen molar-refractivity contribution < 1.29 is 18.1 Å². The van der Waals surface area contributed by atoms with E-state index in [0.29, 0.717) is 23.8 Å². The van der Waals surface area contributed by atoms with Crippen molar-refractivity contribution in [2.45, 2.75) is 12.6 Å². The highest BCUT2D eigenvalue weighted by molar-refractivity contribution is 7.80. The Bertz CT molecular complexity index is 747. The van der Waals surface area contributed by atoms with Gasteiger partial charge in [-0.3, -0.25) is 10.1 Å². The highest BCUT2D eigenvalue weighted by Gasteiger charge is 2.29. The van der Waals surface area contributed by atoms with Crippen LogP contribution >= 0.6 is 12.2 Å². The van der Waals surface area contributed by atoms with Crippen LogP contribution in [-0.2, 0) is 12.6 Å². The summed E-state index contributed by atoms with van der Waals surface area (Å²) < 4.78 is 37.4. The van der Waals surface area contributed by atoms with Crippen LogP contribution in [0.15, 0.2) is 48.5 Å². The lowest BCUT2D eigenvalue weighted by Gasteiger charge is -2.11. The fraction of sp³-hybridized carbons (Fsp3) is 0.188. The van der Waals surface area contributed by atoms with Gasteiger partial charge in [-0.1, -0.05) is 12.1 Å². The Kier molecular flexibility index (Phi) is 5.92. The predicted octanol–water partition coefficient (Wildman–Crippen LogP) is 4.14. The number of thiocarbonyl (C=S) groups is 1. The molecular formula is C16H14F3N3O2S. The molecule has 0 amide bonds. The molecule has 2 N–H and O–H groups in total. The maximum absolute atomic E-state index is 12.5. The van der Waals surface area contributed by atoms with Crippen molar-refractivity contribution in [1.29, 1.82) is 0 Å². The molecule has 0 saturated heterocycles. The minimum absolute atomic E-state index is 0.0215. The van der Waals surface area contributed by atoms with Crippen LogP contribution in [0.3, 0.4) is 0 Å². The molecule has 9 heteroatoms. The molecule has 0 aromatic heterocycles. The van der Waals surface area contributed by atoms with E-state index in [4.69, 9.17) is 12.2 Å². The quantitative estimate of drug-likeness (QED) is 0.471. The lowest BCUT2D eigenvalue weighted by atomic mass is 10.1. The zero-order valence-corrected chi connectivity index (χ0v) is 13.7. The Morgan fingerprint density at radius 1 is 1.08 bits per heavy atom. The summed E-state index contributed by atoms with van der Waals surface area (Å²) in [6, 6.07) is 10.7. The monoisotopic (exact) mass is 369 g/mol. The molecule has 0 atom stereocenters. The van der Waals surface area contributed by atoms with Crippen LogP contribution in [0.1, 0.15) is 11.1 Å². The molecule has 0 unspecified atom stereocenters. The van der Waals surface area contributed by atoms with Crippen molar-refractivity contribution >= 4 is 28.7 Å². The number of anilines is 1. The van der Waals surface area contributed by atoms with Crippen LogP contribution in [0, 0.1) is 10.1 Å². The molecule has 0 aliphatic rings. The third-order valence-corrected chi connectivity index (χ3v) is 3.56. The highest BCUT2D eigenvalue weighted by Crippen LogP contribution is 2.29. The smallest absolute Gasteiger partial charge is 0.362 e. The SMILES string of the molecule is O=[N+]([O-])c1ccc(NC(=S)NCCc2ccc(C(F)(F)F)cc2)cc1. The Labute approximate surface area is 147 Å². The molecule has 0 radical (unpaired) electrons. The number of hydrogen-bond acceptors (Lipinski definition) is 3. The Balaban J connectivity index is 1.79. The molecule has 25 heavy (non-hydrogen) atoms. The molecule has 0 bridgehead atoms. The summed E-state index contributed by atoms with van der Waals surface area (Å²) in [6.07, 6.45) is -3.84. The maximum atomic E-state index is 12.5. The van der Waals surface area contributed by atoms with Gasteiger partial charge >= 0.3 is 6.18 Å². The zero-order valence-electron chi connectivity index (χ0n) is 12.8. The van der Waals surface area contributed by atoms with E-state index in [1.807, 2.05) is 0 Å². The van der Waals surface area contributed by atoms with Crippen molar-refractivity contribution in [3.8, 4) is 0 Å². The molecule has 2 rings (SSSR count). The molecule has 0 heterocycles. The molecular weight excluding hydrogens is 355 g/mol. The van der Waals surface area contributed by atoms with Gasteiger partial charge in [0.25, 0.3) is 5.69 Å². The number of nitro groups is 1. The number of nitrogens with zero attached hydrogens (tertiary/aromatic N) is 1. The Morgan fingerprint density at radius 2 is 1.68 bits per heavy atom. The predicted molar refractivity (Wildman–Crippen MR) is 92.5 cm³/mol. The van der Waals surface area contributed by atoms with E-state index in [1.54, 1.807) is 0 Å². The average molecular weight is 369 g/mol. The van der Waals surface area contributed by atoms with Crippen LogP contribution in [0.5, 0.6) is 0 Å². The minimum atomic E-state index is -4.34. The molecule has 5 nitrogen and oxygen atoms in total. The maximum Gasteiger partial charge on any atom is 0.416 e. The van der Waals surface area contributed by atoms with Crippen molar-refractivity contribution in [1.82, 2.24) is 5.32 Å². The van der Waals surface area contributed by atoms with Gasteiger partial charge in [-0.05, 0) is 48.5 Å². The number of halogens is 3. The van der Waals surface area contributed by atoms with Crippen LogP contribution in [0.4, 0.5) is 24.5 Å². The third-order valence-electron chi connectivity index (χ3n) is 3.32.